The molecule has 2 fully saturated rings. The molecule has 3 rings (SSSR count). The zero-order chi connectivity index (χ0) is 16.9. The van der Waals surface area contributed by atoms with E-state index in [-0.39, 0.29) is 24.2 Å². The number of rotatable bonds is 5. The van der Waals surface area contributed by atoms with Crippen molar-refractivity contribution in [1.82, 2.24) is 9.80 Å². The van der Waals surface area contributed by atoms with Crippen LogP contribution in [0.2, 0.25) is 0 Å². The number of hydrogen-bond donors (Lipinski definition) is 1. The van der Waals surface area contributed by atoms with Crippen molar-refractivity contribution in [3.05, 3.63) is 35.9 Å². The molecule has 3 unspecified atom stereocenters. The van der Waals surface area contributed by atoms with E-state index in [1.54, 1.807) is 6.92 Å². The molecule has 1 aromatic rings. The van der Waals surface area contributed by atoms with Crippen LogP contribution in [0.1, 0.15) is 31.7 Å². The van der Waals surface area contributed by atoms with E-state index in [1.807, 2.05) is 23.1 Å². The van der Waals surface area contributed by atoms with Gasteiger partial charge in [-0.2, -0.15) is 0 Å². The summed E-state index contributed by atoms with van der Waals surface area (Å²) in [6.07, 6.45) is 1.91. The second-order valence-electron chi connectivity index (χ2n) is 6.99. The van der Waals surface area contributed by atoms with Gasteiger partial charge < -0.3 is 14.7 Å². The monoisotopic (exact) mass is 332 g/mol. The third-order valence-electron chi connectivity index (χ3n) is 4.95. The molecule has 1 amide bonds. The summed E-state index contributed by atoms with van der Waals surface area (Å²) in [6, 6.07) is 10.5. The van der Waals surface area contributed by atoms with Crippen LogP contribution < -0.4 is 0 Å². The lowest BCUT2D eigenvalue weighted by Crippen LogP contribution is -2.52. The number of benzene rings is 1. The minimum absolute atomic E-state index is 0.0934. The number of nitrogens with zero attached hydrogens (tertiary/aromatic N) is 2. The van der Waals surface area contributed by atoms with E-state index in [4.69, 9.17) is 4.74 Å². The van der Waals surface area contributed by atoms with Crippen LogP contribution in [-0.4, -0.2) is 65.3 Å². The fourth-order valence-corrected chi connectivity index (χ4v) is 3.79. The third kappa shape index (κ3) is 4.35. The number of morpholine rings is 1. The Balaban J connectivity index is 1.58. The van der Waals surface area contributed by atoms with Gasteiger partial charge in [0.25, 0.3) is 5.91 Å². The normalized spacial score (nSPS) is 26.5. The molecule has 24 heavy (non-hydrogen) atoms. The van der Waals surface area contributed by atoms with E-state index in [9.17, 15) is 9.90 Å². The second-order valence-corrected chi connectivity index (χ2v) is 6.99. The second kappa shape index (κ2) is 8.10. The van der Waals surface area contributed by atoms with Gasteiger partial charge in [0, 0.05) is 32.2 Å². The first-order chi connectivity index (χ1) is 11.6. The fourth-order valence-electron chi connectivity index (χ4n) is 3.79. The van der Waals surface area contributed by atoms with E-state index >= 15 is 0 Å². The Hall–Kier alpha value is -1.43. The molecule has 0 aromatic heterocycles. The van der Waals surface area contributed by atoms with E-state index < -0.39 is 0 Å². The van der Waals surface area contributed by atoms with Gasteiger partial charge in [-0.05, 0) is 31.7 Å². The van der Waals surface area contributed by atoms with Gasteiger partial charge in [-0.3, -0.25) is 9.69 Å². The highest BCUT2D eigenvalue weighted by atomic mass is 16.5. The Bertz CT molecular complexity index is 535. The van der Waals surface area contributed by atoms with Gasteiger partial charge in [0.2, 0.25) is 0 Å². The van der Waals surface area contributed by atoms with Crippen LogP contribution >= 0.6 is 0 Å². The van der Waals surface area contributed by atoms with Crippen molar-refractivity contribution >= 4 is 5.91 Å². The maximum Gasteiger partial charge on any atom is 0.253 e. The van der Waals surface area contributed by atoms with Gasteiger partial charge in [0.1, 0.15) is 6.10 Å². The molecule has 0 spiro atoms. The molecule has 2 saturated heterocycles. The van der Waals surface area contributed by atoms with Crippen LogP contribution in [-0.2, 0) is 16.1 Å². The predicted octanol–water partition coefficient (Wildman–Crippen LogP) is 1.65. The fraction of sp³-hybridized carbons (Fsp3) is 0.632. The van der Waals surface area contributed by atoms with E-state index in [0.717, 1.165) is 32.5 Å². The number of amides is 1. The summed E-state index contributed by atoms with van der Waals surface area (Å²) < 4.78 is 5.78. The number of aliphatic hydroxyl groups is 1. The maximum atomic E-state index is 12.9. The average molecular weight is 332 g/mol. The zero-order valence-electron chi connectivity index (χ0n) is 14.4. The molecule has 5 heteroatoms. The lowest BCUT2D eigenvalue weighted by Gasteiger charge is -2.35. The molecule has 5 nitrogen and oxygen atoms in total. The molecule has 0 radical (unpaired) electrons. The summed E-state index contributed by atoms with van der Waals surface area (Å²) in [7, 11) is 0. The van der Waals surface area contributed by atoms with Crippen molar-refractivity contribution in [3.8, 4) is 0 Å². The summed E-state index contributed by atoms with van der Waals surface area (Å²) in [4.78, 5) is 17.1. The van der Waals surface area contributed by atoms with Gasteiger partial charge >= 0.3 is 0 Å². The minimum Gasteiger partial charge on any atom is -0.393 e. The number of hydrogen-bond acceptors (Lipinski definition) is 4. The molecule has 3 atom stereocenters. The first-order valence-corrected chi connectivity index (χ1v) is 9.00. The van der Waals surface area contributed by atoms with E-state index in [2.05, 4.69) is 17.0 Å². The first-order valence-electron chi connectivity index (χ1n) is 9.00. The van der Waals surface area contributed by atoms with Crippen LogP contribution in [0.3, 0.4) is 0 Å². The molecule has 132 valence electrons. The summed E-state index contributed by atoms with van der Waals surface area (Å²) in [5.74, 6) is 0.0934. The summed E-state index contributed by atoms with van der Waals surface area (Å²) in [5.41, 5.74) is 1.26. The molecule has 0 saturated carbocycles. The smallest absolute Gasteiger partial charge is 0.253 e. The largest absolute Gasteiger partial charge is 0.393 e. The van der Waals surface area contributed by atoms with Gasteiger partial charge in [-0.25, -0.2) is 0 Å². The number of likely N-dealkylation sites (tertiary alicyclic amines) is 1. The standard InChI is InChI=1S/C19H28N2O3/c1-15(22)12-17-8-5-9-21(17)19(23)18-14-20(10-11-24-18)13-16-6-3-2-4-7-16/h2-4,6-7,15,17-18,22H,5,8-14H2,1H3. The lowest BCUT2D eigenvalue weighted by atomic mass is 10.1. The SMILES string of the molecule is CC(O)CC1CCCN1C(=O)C1CN(Cc2ccccc2)CCO1. The van der Waals surface area contributed by atoms with Crippen LogP contribution in [0.25, 0.3) is 0 Å². The minimum atomic E-state index is -0.378. The Kier molecular flexibility index (Phi) is 5.87. The van der Waals surface area contributed by atoms with Crippen molar-refractivity contribution in [2.45, 2.75) is 51.0 Å². The summed E-state index contributed by atoms with van der Waals surface area (Å²) >= 11 is 0. The molecule has 0 aliphatic carbocycles. The van der Waals surface area contributed by atoms with Gasteiger partial charge in [0.05, 0.1) is 12.7 Å². The van der Waals surface area contributed by atoms with Crippen LogP contribution in [0, 0.1) is 0 Å². The quantitative estimate of drug-likeness (QED) is 0.891. The van der Waals surface area contributed by atoms with Crippen molar-refractivity contribution < 1.29 is 14.6 Å². The third-order valence-corrected chi connectivity index (χ3v) is 4.95. The molecule has 2 aliphatic heterocycles. The highest BCUT2D eigenvalue weighted by molar-refractivity contribution is 5.82. The molecular weight excluding hydrogens is 304 g/mol. The lowest BCUT2D eigenvalue weighted by molar-refractivity contribution is -0.151. The van der Waals surface area contributed by atoms with Crippen LogP contribution in [0.5, 0.6) is 0 Å². The van der Waals surface area contributed by atoms with Gasteiger partial charge in [0.15, 0.2) is 0 Å². The summed E-state index contributed by atoms with van der Waals surface area (Å²) in [5, 5.41) is 9.65. The first kappa shape index (κ1) is 17.4. The number of carbonyl (C=O) groups is 1. The van der Waals surface area contributed by atoms with Crippen LogP contribution in [0.15, 0.2) is 30.3 Å². The van der Waals surface area contributed by atoms with E-state index in [1.165, 1.54) is 5.56 Å². The van der Waals surface area contributed by atoms with E-state index in [0.29, 0.717) is 19.6 Å². The molecule has 0 bridgehead atoms. The highest BCUT2D eigenvalue weighted by Gasteiger charge is 2.36. The molecule has 2 heterocycles. The topological polar surface area (TPSA) is 53.0 Å². The molecule has 2 aliphatic rings. The molecule has 1 aromatic carbocycles. The van der Waals surface area contributed by atoms with Crippen molar-refractivity contribution in [1.29, 1.82) is 0 Å². The van der Waals surface area contributed by atoms with Crippen molar-refractivity contribution in [2.24, 2.45) is 0 Å². The maximum absolute atomic E-state index is 12.9. The summed E-state index contributed by atoms with van der Waals surface area (Å²) in [6.45, 7) is 5.53. The van der Waals surface area contributed by atoms with Crippen LogP contribution in [0.4, 0.5) is 0 Å². The molecule has 1 N–H and O–H groups in total. The Morgan fingerprint density at radius 1 is 1.33 bits per heavy atom. The number of ether oxygens (including phenoxy) is 1. The van der Waals surface area contributed by atoms with Gasteiger partial charge in [-0.1, -0.05) is 30.3 Å². The van der Waals surface area contributed by atoms with Crippen molar-refractivity contribution in [3.63, 3.8) is 0 Å². The Morgan fingerprint density at radius 3 is 2.88 bits per heavy atom. The number of aliphatic hydroxyl groups excluding tert-OH is 1. The Morgan fingerprint density at radius 2 is 2.12 bits per heavy atom. The average Bonchev–Trinajstić information content (AvgIpc) is 3.02. The van der Waals surface area contributed by atoms with Gasteiger partial charge in [-0.15, -0.1) is 0 Å². The number of carbonyl (C=O) groups excluding carboxylic acids is 1. The van der Waals surface area contributed by atoms with Crippen molar-refractivity contribution in [2.75, 3.05) is 26.2 Å². The molecular formula is C19H28N2O3. The predicted molar refractivity (Wildman–Crippen MR) is 92.5 cm³/mol. The Labute approximate surface area is 144 Å². The highest BCUT2D eigenvalue weighted by Crippen LogP contribution is 2.24. The zero-order valence-corrected chi connectivity index (χ0v) is 14.4.